The van der Waals surface area contributed by atoms with Crippen molar-refractivity contribution in [1.29, 1.82) is 0 Å². The molecular formula is C37H39ClN2O3. The lowest BCUT2D eigenvalue weighted by Gasteiger charge is -2.36. The summed E-state index contributed by atoms with van der Waals surface area (Å²) in [7, 11) is 0. The molecule has 0 saturated heterocycles. The summed E-state index contributed by atoms with van der Waals surface area (Å²) in [6.45, 7) is 12.7. The maximum Gasteiger partial charge on any atom is 0.339 e. The van der Waals surface area contributed by atoms with E-state index in [0.717, 1.165) is 34.2 Å². The van der Waals surface area contributed by atoms with E-state index >= 15 is 0 Å². The normalized spacial score (nSPS) is 16.2. The number of nitrogens with zero attached hydrogens (tertiary/aromatic N) is 1. The average molecular weight is 595 g/mol. The molecule has 1 aromatic heterocycles. The number of para-hydroxylation sites is 1. The van der Waals surface area contributed by atoms with Crippen LogP contribution in [0.15, 0.2) is 72.8 Å². The molecule has 1 aliphatic carbocycles. The minimum atomic E-state index is -0.520. The number of fused-ring (bicyclic) bond motifs is 2. The van der Waals surface area contributed by atoms with Crippen molar-refractivity contribution < 1.29 is 14.3 Å². The van der Waals surface area contributed by atoms with Gasteiger partial charge in [0, 0.05) is 16.1 Å². The molecule has 6 heteroatoms. The van der Waals surface area contributed by atoms with Crippen molar-refractivity contribution in [2.24, 2.45) is 11.3 Å². The van der Waals surface area contributed by atoms with Crippen LogP contribution in [-0.4, -0.2) is 23.5 Å². The van der Waals surface area contributed by atoms with Crippen LogP contribution < -0.4 is 5.32 Å². The summed E-state index contributed by atoms with van der Waals surface area (Å²) in [5.41, 5.74) is 6.80. The molecule has 0 fully saturated rings. The molecule has 1 amide bonds. The molecule has 4 aromatic rings. The summed E-state index contributed by atoms with van der Waals surface area (Å²) in [6, 6.07) is 23.1. The topological polar surface area (TPSA) is 68.3 Å². The van der Waals surface area contributed by atoms with Gasteiger partial charge in [0.2, 0.25) is 0 Å². The molecule has 1 unspecified atom stereocenters. The standard InChI is InChI=1S/C37H39ClN2O3/c1-36(2,3)25-13-17-28(18-14-25)39-32(41)22-43-35(42)33-29-9-7-8-10-31(29)40-34-24(19-23-11-15-27(38)16-12-23)20-26(21-30(33)34)37(4,5)6/h7-19,26H,20-22H2,1-6H3,(H,39,41)/b24-19+. The number of anilines is 1. The van der Waals surface area contributed by atoms with Crippen LogP contribution in [0.25, 0.3) is 22.6 Å². The average Bonchev–Trinajstić information content (AvgIpc) is 2.95. The summed E-state index contributed by atoms with van der Waals surface area (Å²) in [5.74, 6) is -0.638. The molecule has 5 nitrogen and oxygen atoms in total. The van der Waals surface area contributed by atoms with Crippen molar-refractivity contribution in [3.63, 3.8) is 0 Å². The number of rotatable bonds is 5. The number of halogens is 1. The van der Waals surface area contributed by atoms with E-state index in [1.54, 1.807) is 0 Å². The summed E-state index contributed by atoms with van der Waals surface area (Å²) >= 11 is 6.15. The van der Waals surface area contributed by atoms with Gasteiger partial charge in [0.05, 0.1) is 16.8 Å². The van der Waals surface area contributed by atoms with E-state index in [1.807, 2.05) is 72.8 Å². The molecule has 0 spiro atoms. The van der Waals surface area contributed by atoms with Gasteiger partial charge in [0.15, 0.2) is 6.61 Å². The Morgan fingerprint density at radius 2 is 1.60 bits per heavy atom. The summed E-state index contributed by atoms with van der Waals surface area (Å²) < 4.78 is 5.69. The third kappa shape index (κ3) is 7.00. The molecule has 0 saturated carbocycles. The van der Waals surface area contributed by atoms with Crippen molar-refractivity contribution in [3.05, 3.63) is 106 Å². The maximum atomic E-state index is 13.8. The number of esters is 1. The Morgan fingerprint density at radius 1 is 0.930 bits per heavy atom. The second-order valence-electron chi connectivity index (χ2n) is 13.5. The first-order chi connectivity index (χ1) is 20.3. The number of pyridine rings is 1. The number of carbonyl (C=O) groups excluding carboxylic acids is 2. The number of carbonyl (C=O) groups is 2. The van der Waals surface area contributed by atoms with Crippen LogP contribution in [0, 0.1) is 11.3 Å². The lowest BCUT2D eigenvalue weighted by atomic mass is 9.69. The Morgan fingerprint density at radius 3 is 2.26 bits per heavy atom. The van der Waals surface area contributed by atoms with Gasteiger partial charge in [-0.05, 0) is 88.3 Å². The molecule has 43 heavy (non-hydrogen) atoms. The first-order valence-electron chi connectivity index (χ1n) is 14.8. The molecule has 222 valence electrons. The third-order valence-electron chi connectivity index (χ3n) is 8.22. The van der Waals surface area contributed by atoms with Gasteiger partial charge in [-0.2, -0.15) is 0 Å². The Kier molecular flexibility index (Phi) is 8.49. The molecular weight excluding hydrogens is 556 g/mol. The summed E-state index contributed by atoms with van der Waals surface area (Å²) in [5, 5.41) is 4.25. The van der Waals surface area contributed by atoms with E-state index in [2.05, 4.69) is 52.9 Å². The first-order valence-corrected chi connectivity index (χ1v) is 15.1. The molecule has 5 rings (SSSR count). The quantitative estimate of drug-likeness (QED) is 0.234. The first kappa shape index (κ1) is 30.5. The fourth-order valence-corrected chi connectivity index (χ4v) is 5.71. The largest absolute Gasteiger partial charge is 0.452 e. The van der Waals surface area contributed by atoms with Crippen molar-refractivity contribution >= 4 is 51.7 Å². The third-order valence-corrected chi connectivity index (χ3v) is 8.48. The lowest BCUT2D eigenvalue weighted by Crippen LogP contribution is -2.29. The van der Waals surface area contributed by atoms with Crippen molar-refractivity contribution in [1.82, 2.24) is 4.98 Å². The monoisotopic (exact) mass is 594 g/mol. The SMILES string of the molecule is CC(C)(C)c1ccc(NC(=O)COC(=O)c2c3c(nc4ccccc24)/C(=C/c2ccc(Cl)cc2)CC(C(C)(C)C)C3)cc1. The highest BCUT2D eigenvalue weighted by Crippen LogP contribution is 2.45. The van der Waals surface area contributed by atoms with Crippen LogP contribution in [-0.2, 0) is 21.4 Å². The van der Waals surface area contributed by atoms with Crippen LogP contribution in [0.1, 0.15) is 80.7 Å². The van der Waals surface area contributed by atoms with Crippen LogP contribution in [0.3, 0.4) is 0 Å². The van der Waals surface area contributed by atoms with Gasteiger partial charge in [-0.25, -0.2) is 9.78 Å². The predicted molar refractivity (Wildman–Crippen MR) is 176 cm³/mol. The van der Waals surface area contributed by atoms with E-state index in [0.29, 0.717) is 28.2 Å². The van der Waals surface area contributed by atoms with Crippen molar-refractivity contribution in [2.75, 3.05) is 11.9 Å². The number of amides is 1. The molecule has 0 bridgehead atoms. The van der Waals surface area contributed by atoms with Gasteiger partial charge < -0.3 is 10.1 Å². The number of nitrogens with one attached hydrogen (secondary N) is 1. The fraction of sp³-hybridized carbons (Fsp3) is 0.324. The van der Waals surface area contributed by atoms with Crippen molar-refractivity contribution in [2.45, 2.75) is 59.8 Å². The van der Waals surface area contributed by atoms with E-state index in [1.165, 1.54) is 5.56 Å². The number of hydrogen-bond acceptors (Lipinski definition) is 4. The molecule has 0 aliphatic heterocycles. The number of hydrogen-bond donors (Lipinski definition) is 1. The van der Waals surface area contributed by atoms with Crippen LogP contribution >= 0.6 is 11.6 Å². The minimum Gasteiger partial charge on any atom is -0.452 e. The zero-order valence-electron chi connectivity index (χ0n) is 25.8. The van der Waals surface area contributed by atoms with Crippen LogP contribution in [0.4, 0.5) is 5.69 Å². The van der Waals surface area contributed by atoms with Crippen LogP contribution in [0.5, 0.6) is 0 Å². The summed E-state index contributed by atoms with van der Waals surface area (Å²) in [6.07, 6.45) is 3.66. The van der Waals surface area contributed by atoms with Gasteiger partial charge >= 0.3 is 5.97 Å². The highest BCUT2D eigenvalue weighted by atomic mass is 35.5. The van der Waals surface area contributed by atoms with Gasteiger partial charge in [0.1, 0.15) is 0 Å². The Hall–Kier alpha value is -3.96. The number of benzene rings is 3. The van der Waals surface area contributed by atoms with Gasteiger partial charge in [-0.3, -0.25) is 4.79 Å². The zero-order chi connectivity index (χ0) is 30.9. The number of aromatic nitrogens is 1. The second-order valence-corrected chi connectivity index (χ2v) is 13.9. The number of allylic oxidation sites excluding steroid dienone is 1. The lowest BCUT2D eigenvalue weighted by molar-refractivity contribution is -0.119. The molecule has 3 aromatic carbocycles. The Bertz CT molecular complexity index is 1690. The van der Waals surface area contributed by atoms with Crippen molar-refractivity contribution in [3.8, 4) is 0 Å². The minimum absolute atomic E-state index is 0.00792. The second kappa shape index (κ2) is 12.0. The maximum absolute atomic E-state index is 13.8. The Balaban J connectivity index is 1.48. The van der Waals surface area contributed by atoms with E-state index in [-0.39, 0.29) is 29.3 Å². The fourth-order valence-electron chi connectivity index (χ4n) is 5.58. The smallest absolute Gasteiger partial charge is 0.339 e. The highest BCUT2D eigenvalue weighted by Gasteiger charge is 2.35. The molecule has 1 atom stereocenters. The predicted octanol–water partition coefficient (Wildman–Crippen LogP) is 9.13. The molecule has 1 heterocycles. The van der Waals surface area contributed by atoms with Gasteiger partial charge in [-0.1, -0.05) is 95.6 Å². The zero-order valence-corrected chi connectivity index (χ0v) is 26.5. The van der Waals surface area contributed by atoms with E-state index in [4.69, 9.17) is 21.3 Å². The van der Waals surface area contributed by atoms with E-state index in [9.17, 15) is 9.59 Å². The Labute approximate surface area is 259 Å². The van der Waals surface area contributed by atoms with E-state index < -0.39 is 5.97 Å². The highest BCUT2D eigenvalue weighted by molar-refractivity contribution is 6.30. The van der Waals surface area contributed by atoms with Crippen LogP contribution in [0.2, 0.25) is 5.02 Å². The molecule has 0 radical (unpaired) electrons. The molecule has 1 aliphatic rings. The molecule has 1 N–H and O–H groups in total. The number of ether oxygens (including phenoxy) is 1. The summed E-state index contributed by atoms with van der Waals surface area (Å²) in [4.78, 5) is 31.7. The van der Waals surface area contributed by atoms with Gasteiger partial charge in [0.25, 0.3) is 5.91 Å². The van der Waals surface area contributed by atoms with Gasteiger partial charge in [-0.15, -0.1) is 0 Å².